The summed E-state index contributed by atoms with van der Waals surface area (Å²) in [4.78, 5) is 11.9. The number of rotatable bonds is 6. The molecule has 0 radical (unpaired) electrons. The van der Waals surface area contributed by atoms with Gasteiger partial charge in [0.15, 0.2) is 0 Å². The summed E-state index contributed by atoms with van der Waals surface area (Å²) in [6, 6.07) is 0.992. The predicted octanol–water partition coefficient (Wildman–Crippen LogP) is 2.84. The molecule has 5 nitrogen and oxygen atoms in total. The van der Waals surface area contributed by atoms with Gasteiger partial charge in [-0.05, 0) is 50.9 Å². The van der Waals surface area contributed by atoms with Crippen molar-refractivity contribution in [2.75, 3.05) is 24.6 Å². The van der Waals surface area contributed by atoms with Crippen molar-refractivity contribution in [1.29, 1.82) is 0 Å². The predicted molar refractivity (Wildman–Crippen MR) is 97.2 cm³/mol. The van der Waals surface area contributed by atoms with Crippen LogP contribution in [0, 0.1) is 5.92 Å². The highest BCUT2D eigenvalue weighted by Crippen LogP contribution is 2.30. The van der Waals surface area contributed by atoms with E-state index in [0.717, 1.165) is 38.3 Å². The third-order valence-electron chi connectivity index (χ3n) is 5.75. The quantitative estimate of drug-likeness (QED) is 0.839. The van der Waals surface area contributed by atoms with Gasteiger partial charge in [0.1, 0.15) is 0 Å². The van der Waals surface area contributed by atoms with Gasteiger partial charge in [0.25, 0.3) is 0 Å². The Morgan fingerprint density at radius 2 is 2.00 bits per heavy atom. The molecule has 0 spiro atoms. The maximum Gasteiger partial charge on any atom is 0.225 e. The molecule has 1 saturated heterocycles. The Labute approximate surface area is 145 Å². The standard InChI is InChI=1S/C19H32N4O/c1-3-15(4-2)21-17-6-5-7-18-16(17)12-20-19(22-18)23-10-8-14(13-24)9-11-23/h12,14-15,17,21,24H,3-11,13H2,1-2H3. The second-order valence-corrected chi connectivity index (χ2v) is 7.31. The van der Waals surface area contributed by atoms with E-state index in [4.69, 9.17) is 4.98 Å². The zero-order valence-corrected chi connectivity index (χ0v) is 15.2. The Kier molecular flexibility index (Phi) is 6.06. The van der Waals surface area contributed by atoms with Gasteiger partial charge in [-0.15, -0.1) is 0 Å². The Balaban J connectivity index is 1.71. The minimum absolute atomic E-state index is 0.308. The molecule has 0 aromatic carbocycles. The van der Waals surface area contributed by atoms with E-state index >= 15 is 0 Å². The molecular weight excluding hydrogens is 300 g/mol. The van der Waals surface area contributed by atoms with Crippen LogP contribution in [-0.4, -0.2) is 40.8 Å². The van der Waals surface area contributed by atoms with E-state index in [1.807, 2.05) is 0 Å². The van der Waals surface area contributed by atoms with Gasteiger partial charge >= 0.3 is 0 Å². The van der Waals surface area contributed by atoms with Crippen LogP contribution in [0.4, 0.5) is 5.95 Å². The first-order valence-electron chi connectivity index (χ1n) is 9.72. The maximum absolute atomic E-state index is 9.29. The maximum atomic E-state index is 9.29. The average Bonchev–Trinajstić information content (AvgIpc) is 2.65. The Hall–Kier alpha value is -1.20. The number of anilines is 1. The van der Waals surface area contributed by atoms with Crippen LogP contribution in [0.25, 0.3) is 0 Å². The van der Waals surface area contributed by atoms with E-state index in [-0.39, 0.29) is 0 Å². The Morgan fingerprint density at radius 3 is 2.67 bits per heavy atom. The molecule has 1 aromatic heterocycles. The molecule has 2 heterocycles. The summed E-state index contributed by atoms with van der Waals surface area (Å²) < 4.78 is 0. The van der Waals surface area contributed by atoms with Crippen LogP contribution in [0.3, 0.4) is 0 Å². The molecule has 1 aromatic rings. The largest absolute Gasteiger partial charge is 0.396 e. The molecule has 1 aliphatic heterocycles. The number of aromatic nitrogens is 2. The number of piperidine rings is 1. The monoisotopic (exact) mass is 332 g/mol. The van der Waals surface area contributed by atoms with Gasteiger partial charge < -0.3 is 15.3 Å². The van der Waals surface area contributed by atoms with Crippen molar-refractivity contribution >= 4 is 5.95 Å². The lowest BCUT2D eigenvalue weighted by Gasteiger charge is -2.33. The molecule has 24 heavy (non-hydrogen) atoms. The molecule has 0 amide bonds. The number of aliphatic hydroxyl groups excluding tert-OH is 1. The minimum atomic E-state index is 0.308. The Morgan fingerprint density at radius 1 is 1.25 bits per heavy atom. The number of aryl methyl sites for hydroxylation is 1. The van der Waals surface area contributed by atoms with Crippen LogP contribution in [0.2, 0.25) is 0 Å². The summed E-state index contributed by atoms with van der Waals surface area (Å²) in [5.41, 5.74) is 2.54. The zero-order valence-electron chi connectivity index (χ0n) is 15.2. The van der Waals surface area contributed by atoms with Gasteiger partial charge in [0.05, 0.1) is 5.69 Å². The normalized spacial score (nSPS) is 22.0. The average molecular weight is 332 g/mol. The number of nitrogens with zero attached hydrogens (tertiary/aromatic N) is 3. The highest BCUT2D eigenvalue weighted by atomic mass is 16.3. The van der Waals surface area contributed by atoms with Crippen molar-refractivity contribution in [3.05, 3.63) is 17.5 Å². The molecule has 1 fully saturated rings. The van der Waals surface area contributed by atoms with Crippen molar-refractivity contribution in [2.45, 2.75) is 70.9 Å². The lowest BCUT2D eigenvalue weighted by Crippen LogP contribution is -2.37. The number of aliphatic hydroxyl groups is 1. The summed E-state index contributed by atoms with van der Waals surface area (Å²) in [5, 5.41) is 13.1. The van der Waals surface area contributed by atoms with Crippen molar-refractivity contribution in [3.63, 3.8) is 0 Å². The van der Waals surface area contributed by atoms with E-state index in [0.29, 0.717) is 24.6 Å². The molecule has 1 atom stereocenters. The lowest BCUT2D eigenvalue weighted by molar-refractivity contribution is 0.202. The number of fused-ring (bicyclic) bond motifs is 1. The van der Waals surface area contributed by atoms with Crippen molar-refractivity contribution in [3.8, 4) is 0 Å². The highest BCUT2D eigenvalue weighted by molar-refractivity contribution is 5.36. The first-order valence-corrected chi connectivity index (χ1v) is 9.72. The van der Waals surface area contributed by atoms with E-state index in [2.05, 4.69) is 35.2 Å². The molecular formula is C19H32N4O. The van der Waals surface area contributed by atoms with Gasteiger partial charge in [0, 0.05) is 43.5 Å². The summed E-state index contributed by atoms with van der Waals surface area (Å²) in [5.74, 6) is 1.33. The lowest BCUT2D eigenvalue weighted by atomic mass is 9.91. The molecule has 5 heteroatoms. The molecule has 3 rings (SSSR count). The molecule has 1 unspecified atom stereocenters. The third kappa shape index (κ3) is 3.89. The molecule has 1 aliphatic carbocycles. The minimum Gasteiger partial charge on any atom is -0.396 e. The van der Waals surface area contributed by atoms with Gasteiger partial charge in [-0.2, -0.15) is 0 Å². The first-order chi connectivity index (χ1) is 11.7. The van der Waals surface area contributed by atoms with Crippen LogP contribution in [0.1, 0.15) is 69.7 Å². The van der Waals surface area contributed by atoms with Crippen molar-refractivity contribution in [1.82, 2.24) is 15.3 Å². The second kappa shape index (κ2) is 8.26. The summed E-state index contributed by atoms with van der Waals surface area (Å²) in [6.45, 7) is 6.72. The third-order valence-corrected chi connectivity index (χ3v) is 5.75. The van der Waals surface area contributed by atoms with Gasteiger partial charge in [0.2, 0.25) is 5.95 Å². The van der Waals surface area contributed by atoms with E-state index in [9.17, 15) is 5.11 Å². The van der Waals surface area contributed by atoms with Gasteiger partial charge in [-0.25, -0.2) is 9.97 Å². The molecule has 2 N–H and O–H groups in total. The van der Waals surface area contributed by atoms with Gasteiger partial charge in [-0.3, -0.25) is 0 Å². The number of nitrogens with one attached hydrogen (secondary N) is 1. The van der Waals surface area contributed by atoms with E-state index in [1.54, 1.807) is 0 Å². The van der Waals surface area contributed by atoms with E-state index in [1.165, 1.54) is 36.9 Å². The molecule has 0 saturated carbocycles. The van der Waals surface area contributed by atoms with Gasteiger partial charge in [-0.1, -0.05) is 13.8 Å². The topological polar surface area (TPSA) is 61.3 Å². The fourth-order valence-electron chi connectivity index (χ4n) is 3.99. The van der Waals surface area contributed by atoms with Crippen molar-refractivity contribution in [2.24, 2.45) is 5.92 Å². The molecule has 2 aliphatic rings. The summed E-state index contributed by atoms with van der Waals surface area (Å²) in [6.07, 6.45) is 9.93. The molecule has 0 bridgehead atoms. The van der Waals surface area contributed by atoms with Crippen LogP contribution in [-0.2, 0) is 6.42 Å². The second-order valence-electron chi connectivity index (χ2n) is 7.31. The zero-order chi connectivity index (χ0) is 16.9. The number of hydrogen-bond acceptors (Lipinski definition) is 5. The summed E-state index contributed by atoms with van der Waals surface area (Å²) in [7, 11) is 0. The smallest absolute Gasteiger partial charge is 0.225 e. The SMILES string of the molecule is CCC(CC)NC1CCCc2nc(N3CCC(CO)CC3)ncc21. The first kappa shape index (κ1) is 17.6. The van der Waals surface area contributed by atoms with Crippen LogP contribution in [0.5, 0.6) is 0 Å². The number of hydrogen-bond donors (Lipinski definition) is 2. The van der Waals surface area contributed by atoms with Crippen LogP contribution < -0.4 is 10.2 Å². The fraction of sp³-hybridized carbons (Fsp3) is 0.789. The Bertz CT molecular complexity index is 524. The van der Waals surface area contributed by atoms with E-state index < -0.39 is 0 Å². The summed E-state index contributed by atoms with van der Waals surface area (Å²) >= 11 is 0. The van der Waals surface area contributed by atoms with Crippen LogP contribution in [0.15, 0.2) is 6.20 Å². The molecule has 134 valence electrons. The highest BCUT2D eigenvalue weighted by Gasteiger charge is 2.26. The fourth-order valence-corrected chi connectivity index (χ4v) is 3.99. The van der Waals surface area contributed by atoms with Crippen LogP contribution >= 0.6 is 0 Å². The van der Waals surface area contributed by atoms with Crippen molar-refractivity contribution < 1.29 is 5.11 Å².